The Balaban J connectivity index is 1.61. The second-order valence-electron chi connectivity index (χ2n) is 5.79. The molecule has 114 valence electrons. The van der Waals surface area contributed by atoms with Crippen molar-refractivity contribution in [2.45, 2.75) is 6.10 Å². The molecule has 1 atom stereocenters. The van der Waals surface area contributed by atoms with Crippen LogP contribution in [0.25, 0.3) is 0 Å². The molecule has 4 heteroatoms. The van der Waals surface area contributed by atoms with E-state index in [1.807, 2.05) is 6.07 Å². The van der Waals surface area contributed by atoms with Crippen molar-refractivity contribution in [3.63, 3.8) is 0 Å². The lowest BCUT2D eigenvalue weighted by Crippen LogP contribution is -2.44. The predicted octanol–water partition coefficient (Wildman–Crippen LogP) is 2.64. The fourth-order valence-corrected chi connectivity index (χ4v) is 3.21. The Morgan fingerprint density at radius 3 is 2.59 bits per heavy atom. The van der Waals surface area contributed by atoms with Crippen molar-refractivity contribution in [1.29, 1.82) is 0 Å². The van der Waals surface area contributed by atoms with E-state index in [9.17, 15) is 0 Å². The first-order chi connectivity index (χ1) is 10.9. The zero-order valence-corrected chi connectivity index (χ0v) is 12.6. The number of nitrogens with zero attached hydrogens (tertiary/aromatic N) is 1. The minimum absolute atomic E-state index is 0.0759. The van der Waals surface area contributed by atoms with Gasteiger partial charge in [-0.15, -0.1) is 0 Å². The van der Waals surface area contributed by atoms with E-state index in [1.165, 1.54) is 11.3 Å². The van der Waals surface area contributed by atoms with Crippen LogP contribution in [0.5, 0.6) is 5.75 Å². The van der Waals surface area contributed by atoms with Gasteiger partial charge in [0, 0.05) is 26.2 Å². The number of benzene rings is 2. The number of piperazine rings is 1. The highest BCUT2D eigenvalue weighted by Crippen LogP contribution is 2.40. The molecule has 0 aliphatic carbocycles. The second-order valence-corrected chi connectivity index (χ2v) is 5.79. The van der Waals surface area contributed by atoms with Crippen molar-refractivity contribution >= 4 is 11.4 Å². The Morgan fingerprint density at radius 1 is 0.955 bits per heavy atom. The topological polar surface area (TPSA) is 36.5 Å². The van der Waals surface area contributed by atoms with Gasteiger partial charge in [-0.25, -0.2) is 0 Å². The highest BCUT2D eigenvalue weighted by molar-refractivity contribution is 5.77. The van der Waals surface area contributed by atoms with Crippen molar-refractivity contribution in [2.24, 2.45) is 0 Å². The van der Waals surface area contributed by atoms with Gasteiger partial charge in [0.15, 0.2) is 0 Å². The molecule has 0 radical (unpaired) electrons. The number of anilines is 2. The average molecular weight is 295 g/mol. The van der Waals surface area contributed by atoms with Crippen molar-refractivity contribution in [1.82, 2.24) is 5.32 Å². The zero-order chi connectivity index (χ0) is 14.8. The second kappa shape index (κ2) is 5.89. The third-order valence-corrected chi connectivity index (χ3v) is 4.37. The summed E-state index contributed by atoms with van der Waals surface area (Å²) in [7, 11) is 0. The minimum atomic E-state index is 0.0759. The normalized spacial score (nSPS) is 20.7. The smallest absolute Gasteiger partial charge is 0.145 e. The van der Waals surface area contributed by atoms with Crippen LogP contribution < -0.4 is 20.3 Å². The zero-order valence-electron chi connectivity index (χ0n) is 12.6. The van der Waals surface area contributed by atoms with E-state index >= 15 is 0 Å². The third kappa shape index (κ3) is 2.50. The van der Waals surface area contributed by atoms with Crippen LogP contribution >= 0.6 is 0 Å². The predicted molar refractivity (Wildman–Crippen MR) is 89.8 cm³/mol. The summed E-state index contributed by atoms with van der Waals surface area (Å²) in [6, 6.07) is 16.7. The summed E-state index contributed by atoms with van der Waals surface area (Å²) in [5.41, 5.74) is 3.61. The molecule has 2 aliphatic rings. The lowest BCUT2D eigenvalue weighted by atomic mass is 10.1. The fourth-order valence-electron chi connectivity index (χ4n) is 3.21. The maximum absolute atomic E-state index is 6.24. The molecule has 0 spiro atoms. The summed E-state index contributed by atoms with van der Waals surface area (Å²) in [5.74, 6) is 0.955. The maximum Gasteiger partial charge on any atom is 0.145 e. The molecule has 22 heavy (non-hydrogen) atoms. The van der Waals surface area contributed by atoms with Crippen molar-refractivity contribution in [3.05, 3.63) is 54.1 Å². The van der Waals surface area contributed by atoms with E-state index in [-0.39, 0.29) is 6.10 Å². The van der Waals surface area contributed by atoms with Gasteiger partial charge < -0.3 is 20.3 Å². The number of nitrogens with one attached hydrogen (secondary N) is 2. The van der Waals surface area contributed by atoms with Gasteiger partial charge >= 0.3 is 0 Å². The molecule has 2 heterocycles. The monoisotopic (exact) mass is 295 g/mol. The van der Waals surface area contributed by atoms with Gasteiger partial charge in [-0.05, 0) is 17.7 Å². The van der Waals surface area contributed by atoms with Crippen LogP contribution in [0.2, 0.25) is 0 Å². The third-order valence-electron chi connectivity index (χ3n) is 4.37. The number of hydrogen-bond acceptors (Lipinski definition) is 4. The Kier molecular flexibility index (Phi) is 3.60. The van der Waals surface area contributed by atoms with E-state index in [0.717, 1.165) is 44.2 Å². The molecular weight excluding hydrogens is 274 g/mol. The summed E-state index contributed by atoms with van der Waals surface area (Å²) >= 11 is 0. The van der Waals surface area contributed by atoms with Crippen LogP contribution in [-0.4, -0.2) is 32.7 Å². The molecule has 1 unspecified atom stereocenters. The summed E-state index contributed by atoms with van der Waals surface area (Å²) in [5, 5.41) is 6.99. The molecule has 2 aliphatic heterocycles. The summed E-state index contributed by atoms with van der Waals surface area (Å²) in [4.78, 5) is 2.43. The highest BCUT2D eigenvalue weighted by Gasteiger charge is 2.24. The molecular formula is C18H21N3O. The Hall–Kier alpha value is -2.20. The first-order valence-corrected chi connectivity index (χ1v) is 7.96. The number of fused-ring (bicyclic) bond motifs is 1. The van der Waals surface area contributed by atoms with Crippen LogP contribution in [0.15, 0.2) is 48.5 Å². The van der Waals surface area contributed by atoms with Crippen LogP contribution in [0.3, 0.4) is 0 Å². The first-order valence-electron chi connectivity index (χ1n) is 7.96. The van der Waals surface area contributed by atoms with Crippen molar-refractivity contribution in [2.75, 3.05) is 42.9 Å². The Labute approximate surface area is 131 Å². The number of para-hydroxylation sites is 1. The van der Waals surface area contributed by atoms with Gasteiger partial charge in [-0.1, -0.05) is 36.4 Å². The Morgan fingerprint density at radius 2 is 1.77 bits per heavy atom. The number of ether oxygens (including phenoxy) is 1. The van der Waals surface area contributed by atoms with Crippen LogP contribution in [0.4, 0.5) is 11.4 Å². The molecule has 1 saturated heterocycles. The van der Waals surface area contributed by atoms with Gasteiger partial charge in [-0.2, -0.15) is 0 Å². The lowest BCUT2D eigenvalue weighted by molar-refractivity contribution is 0.210. The van der Waals surface area contributed by atoms with E-state index < -0.39 is 0 Å². The van der Waals surface area contributed by atoms with Gasteiger partial charge in [0.2, 0.25) is 0 Å². The SMILES string of the molecule is c1ccc(C2CNc3c(cccc3N3CCNCC3)O2)cc1. The molecule has 4 nitrogen and oxygen atoms in total. The van der Waals surface area contributed by atoms with Crippen LogP contribution in [0.1, 0.15) is 11.7 Å². The number of hydrogen-bond donors (Lipinski definition) is 2. The van der Waals surface area contributed by atoms with Crippen molar-refractivity contribution < 1.29 is 4.74 Å². The number of rotatable bonds is 2. The van der Waals surface area contributed by atoms with Crippen LogP contribution in [0, 0.1) is 0 Å². The molecule has 0 aromatic heterocycles. The minimum Gasteiger partial charge on any atom is -0.482 e. The molecule has 0 bridgehead atoms. The van der Waals surface area contributed by atoms with Gasteiger partial charge in [-0.3, -0.25) is 0 Å². The maximum atomic E-state index is 6.24. The summed E-state index contributed by atoms with van der Waals surface area (Å²) < 4.78 is 6.24. The van der Waals surface area contributed by atoms with E-state index in [0.29, 0.717) is 0 Å². The Bertz CT molecular complexity index is 638. The van der Waals surface area contributed by atoms with E-state index in [4.69, 9.17) is 4.74 Å². The molecule has 2 N–H and O–H groups in total. The van der Waals surface area contributed by atoms with E-state index in [1.54, 1.807) is 0 Å². The standard InChI is InChI=1S/C18H21N3O/c1-2-5-14(6-3-1)17-13-20-18-15(7-4-8-16(18)22-17)21-11-9-19-10-12-21/h1-8,17,19-20H,9-13H2. The lowest BCUT2D eigenvalue weighted by Gasteiger charge is -2.35. The molecule has 0 amide bonds. The molecule has 0 saturated carbocycles. The molecule has 2 aromatic rings. The quantitative estimate of drug-likeness (QED) is 0.893. The first kappa shape index (κ1) is 13.5. The highest BCUT2D eigenvalue weighted by atomic mass is 16.5. The van der Waals surface area contributed by atoms with Gasteiger partial charge in [0.25, 0.3) is 0 Å². The fraction of sp³-hybridized carbons (Fsp3) is 0.333. The summed E-state index contributed by atoms with van der Waals surface area (Å²) in [6.07, 6.45) is 0.0759. The average Bonchev–Trinajstić information content (AvgIpc) is 2.62. The van der Waals surface area contributed by atoms with Crippen molar-refractivity contribution in [3.8, 4) is 5.75 Å². The molecule has 2 aromatic carbocycles. The van der Waals surface area contributed by atoms with Gasteiger partial charge in [0.05, 0.1) is 12.2 Å². The summed E-state index contributed by atoms with van der Waals surface area (Å²) in [6.45, 7) is 4.97. The molecule has 1 fully saturated rings. The van der Waals surface area contributed by atoms with E-state index in [2.05, 4.69) is 58.0 Å². The largest absolute Gasteiger partial charge is 0.482 e. The van der Waals surface area contributed by atoms with Gasteiger partial charge in [0.1, 0.15) is 17.5 Å². The van der Waals surface area contributed by atoms with Crippen LogP contribution in [-0.2, 0) is 0 Å². The molecule has 4 rings (SSSR count).